The number of nitrogens with zero attached hydrogens (tertiary/aromatic N) is 1. The summed E-state index contributed by atoms with van der Waals surface area (Å²) in [5.41, 5.74) is 3.53. The zero-order valence-corrected chi connectivity index (χ0v) is 7.83. The van der Waals surface area contributed by atoms with Crippen molar-refractivity contribution in [2.45, 2.75) is 0 Å². The van der Waals surface area contributed by atoms with Crippen molar-refractivity contribution in [1.82, 2.24) is 5.43 Å². The van der Waals surface area contributed by atoms with Gasteiger partial charge in [0.2, 0.25) is 0 Å². The van der Waals surface area contributed by atoms with Crippen molar-refractivity contribution < 1.29 is 5.11 Å². The fraction of sp³-hybridized carbons (Fsp3) is 0.222. The van der Waals surface area contributed by atoms with E-state index >= 15 is 0 Å². The van der Waals surface area contributed by atoms with Gasteiger partial charge in [-0.25, -0.2) is 0 Å². The molecule has 1 rings (SSSR count). The Kier molecular flexibility index (Phi) is 4.29. The molecule has 0 bridgehead atoms. The van der Waals surface area contributed by atoms with Crippen LogP contribution in [-0.4, -0.2) is 24.5 Å². The monoisotopic (exact) mass is 198 g/mol. The Morgan fingerprint density at radius 2 is 2.23 bits per heavy atom. The van der Waals surface area contributed by atoms with Gasteiger partial charge in [-0.05, 0) is 6.07 Å². The predicted molar refractivity (Wildman–Crippen MR) is 54.1 cm³/mol. The summed E-state index contributed by atoms with van der Waals surface area (Å²) in [5.74, 6) is 0. The number of nitrogens with one attached hydrogen (secondary N) is 1. The Hall–Kier alpha value is -1.06. The van der Waals surface area contributed by atoms with E-state index in [2.05, 4.69) is 10.5 Å². The van der Waals surface area contributed by atoms with Crippen LogP contribution >= 0.6 is 11.6 Å². The molecule has 1 aromatic rings. The lowest BCUT2D eigenvalue weighted by Gasteiger charge is -1.97. The van der Waals surface area contributed by atoms with Crippen LogP contribution in [0.4, 0.5) is 0 Å². The molecule has 2 N–H and O–H groups in total. The quantitative estimate of drug-likeness (QED) is 0.435. The number of hydrogen-bond donors (Lipinski definition) is 2. The fourth-order valence-electron chi connectivity index (χ4n) is 0.810. The molecule has 1 aromatic carbocycles. The maximum absolute atomic E-state index is 8.46. The molecule has 70 valence electrons. The first-order valence-electron chi connectivity index (χ1n) is 3.96. The highest BCUT2D eigenvalue weighted by Crippen LogP contribution is 2.11. The highest BCUT2D eigenvalue weighted by molar-refractivity contribution is 6.33. The maximum Gasteiger partial charge on any atom is 0.0620 e. The van der Waals surface area contributed by atoms with Crippen molar-refractivity contribution in [1.29, 1.82) is 0 Å². The van der Waals surface area contributed by atoms with Crippen LogP contribution in [0, 0.1) is 0 Å². The van der Waals surface area contributed by atoms with Gasteiger partial charge in [0.25, 0.3) is 0 Å². The lowest BCUT2D eigenvalue weighted by atomic mass is 10.2. The van der Waals surface area contributed by atoms with Gasteiger partial charge in [0, 0.05) is 10.6 Å². The maximum atomic E-state index is 8.46. The predicted octanol–water partition coefficient (Wildman–Crippen LogP) is 1.26. The largest absolute Gasteiger partial charge is 0.394 e. The summed E-state index contributed by atoms with van der Waals surface area (Å²) in [6, 6.07) is 7.42. The number of halogens is 1. The van der Waals surface area contributed by atoms with E-state index in [1.807, 2.05) is 18.2 Å². The van der Waals surface area contributed by atoms with Crippen molar-refractivity contribution in [3.8, 4) is 0 Å². The van der Waals surface area contributed by atoms with Crippen molar-refractivity contribution >= 4 is 17.8 Å². The smallest absolute Gasteiger partial charge is 0.0620 e. The van der Waals surface area contributed by atoms with E-state index in [9.17, 15) is 0 Å². The first kappa shape index (κ1) is 10.0. The zero-order chi connectivity index (χ0) is 9.52. The SMILES string of the molecule is OCCNN=Cc1ccccc1Cl. The summed E-state index contributed by atoms with van der Waals surface area (Å²) >= 11 is 5.87. The molecule has 4 heteroatoms. The average Bonchev–Trinajstić information content (AvgIpc) is 2.15. The molecule has 0 aliphatic rings. The Balaban J connectivity index is 2.53. The summed E-state index contributed by atoms with van der Waals surface area (Å²) in [6.45, 7) is 0.515. The molecule has 0 saturated carbocycles. The van der Waals surface area contributed by atoms with Crippen molar-refractivity contribution in [3.05, 3.63) is 34.9 Å². The van der Waals surface area contributed by atoms with Crippen LogP contribution in [0.3, 0.4) is 0 Å². The summed E-state index contributed by atoms with van der Waals surface area (Å²) in [4.78, 5) is 0. The zero-order valence-electron chi connectivity index (χ0n) is 7.07. The minimum atomic E-state index is 0.0693. The van der Waals surface area contributed by atoms with Crippen LogP contribution in [0.2, 0.25) is 5.02 Å². The molecule has 0 spiro atoms. The molecule has 13 heavy (non-hydrogen) atoms. The van der Waals surface area contributed by atoms with Crippen LogP contribution in [0.5, 0.6) is 0 Å². The molecular formula is C9H11ClN2O. The molecule has 0 radical (unpaired) electrons. The summed E-state index contributed by atoms with van der Waals surface area (Å²) < 4.78 is 0. The lowest BCUT2D eigenvalue weighted by molar-refractivity contribution is 0.294. The van der Waals surface area contributed by atoms with E-state index in [1.165, 1.54) is 0 Å². The first-order valence-corrected chi connectivity index (χ1v) is 4.33. The number of aliphatic hydroxyl groups is 1. The highest BCUT2D eigenvalue weighted by Gasteiger charge is 1.92. The summed E-state index contributed by atoms with van der Waals surface area (Å²) in [6.07, 6.45) is 1.62. The molecule has 0 aromatic heterocycles. The number of benzene rings is 1. The van der Waals surface area contributed by atoms with E-state index in [0.29, 0.717) is 11.6 Å². The number of hydrazone groups is 1. The summed E-state index contributed by atoms with van der Waals surface area (Å²) in [5, 5.41) is 13.0. The Morgan fingerprint density at radius 3 is 2.92 bits per heavy atom. The van der Waals surface area contributed by atoms with E-state index < -0.39 is 0 Å². The van der Waals surface area contributed by atoms with Gasteiger partial charge >= 0.3 is 0 Å². The third kappa shape index (κ3) is 3.44. The lowest BCUT2D eigenvalue weighted by Crippen LogP contribution is -2.11. The molecule has 0 saturated heterocycles. The fourth-order valence-corrected chi connectivity index (χ4v) is 0.994. The minimum Gasteiger partial charge on any atom is -0.394 e. The highest BCUT2D eigenvalue weighted by atomic mass is 35.5. The normalized spacial score (nSPS) is 10.6. The Bertz CT molecular complexity index is 289. The van der Waals surface area contributed by atoms with E-state index in [1.54, 1.807) is 12.3 Å². The van der Waals surface area contributed by atoms with Crippen molar-refractivity contribution in [2.24, 2.45) is 5.10 Å². The van der Waals surface area contributed by atoms with E-state index in [4.69, 9.17) is 16.7 Å². The third-order valence-electron chi connectivity index (χ3n) is 1.42. The molecule has 0 unspecified atom stereocenters. The van der Waals surface area contributed by atoms with Crippen LogP contribution in [0.15, 0.2) is 29.4 Å². The van der Waals surface area contributed by atoms with Gasteiger partial charge in [-0.3, -0.25) is 0 Å². The van der Waals surface area contributed by atoms with Gasteiger partial charge < -0.3 is 10.5 Å². The van der Waals surface area contributed by atoms with Gasteiger partial charge in [-0.2, -0.15) is 5.10 Å². The standard InChI is InChI=1S/C9H11ClN2O/c10-9-4-2-1-3-8(9)7-12-11-5-6-13/h1-4,7,11,13H,5-6H2. The average molecular weight is 199 g/mol. The van der Waals surface area contributed by atoms with Crippen molar-refractivity contribution in [3.63, 3.8) is 0 Å². The number of hydrogen-bond acceptors (Lipinski definition) is 3. The number of rotatable bonds is 4. The molecule has 0 aliphatic carbocycles. The minimum absolute atomic E-state index is 0.0693. The Morgan fingerprint density at radius 1 is 1.46 bits per heavy atom. The molecule has 0 fully saturated rings. The van der Waals surface area contributed by atoms with E-state index in [0.717, 1.165) is 5.56 Å². The summed E-state index contributed by atoms with van der Waals surface area (Å²) in [7, 11) is 0. The van der Waals surface area contributed by atoms with Crippen LogP contribution < -0.4 is 5.43 Å². The van der Waals surface area contributed by atoms with Gasteiger partial charge in [0.1, 0.15) is 0 Å². The molecular weight excluding hydrogens is 188 g/mol. The van der Waals surface area contributed by atoms with Gasteiger partial charge in [-0.1, -0.05) is 29.8 Å². The second-order valence-electron chi connectivity index (χ2n) is 2.41. The molecule has 0 amide bonds. The van der Waals surface area contributed by atoms with Crippen LogP contribution in [0.25, 0.3) is 0 Å². The van der Waals surface area contributed by atoms with Gasteiger partial charge in [-0.15, -0.1) is 0 Å². The van der Waals surface area contributed by atoms with Crippen molar-refractivity contribution in [2.75, 3.05) is 13.2 Å². The third-order valence-corrected chi connectivity index (χ3v) is 1.77. The molecule has 3 nitrogen and oxygen atoms in total. The molecule has 0 aliphatic heterocycles. The van der Waals surface area contributed by atoms with Gasteiger partial charge in [0.15, 0.2) is 0 Å². The topological polar surface area (TPSA) is 44.6 Å². The van der Waals surface area contributed by atoms with Crippen LogP contribution in [0.1, 0.15) is 5.56 Å². The Labute approximate surface area is 82.0 Å². The van der Waals surface area contributed by atoms with Gasteiger partial charge in [0.05, 0.1) is 19.4 Å². The van der Waals surface area contributed by atoms with Crippen LogP contribution in [-0.2, 0) is 0 Å². The van der Waals surface area contributed by atoms with E-state index in [-0.39, 0.29) is 6.61 Å². The number of aliphatic hydroxyl groups excluding tert-OH is 1. The second kappa shape index (κ2) is 5.56. The molecule has 0 heterocycles. The first-order chi connectivity index (χ1) is 6.34. The second-order valence-corrected chi connectivity index (χ2v) is 2.82. The molecule has 0 atom stereocenters.